The number of hydrogen-bond donors (Lipinski definition) is 1. The standard InChI is InChI=1S/C15H20FN5S/c1-10-3-11(4-14-18-5-12(16)6-19-14)8-21(10)9-13-7-20-15(17-2)22-13/h5-7,10-11H,3-4,8-9H2,1-2H3,(H,17,20). The summed E-state index contributed by atoms with van der Waals surface area (Å²) < 4.78 is 12.9. The molecule has 2 atom stereocenters. The lowest BCUT2D eigenvalue weighted by molar-refractivity contribution is 0.257. The molecule has 0 saturated carbocycles. The van der Waals surface area contributed by atoms with E-state index in [-0.39, 0.29) is 5.82 Å². The molecule has 1 aliphatic heterocycles. The maximum atomic E-state index is 12.9. The number of hydrogen-bond acceptors (Lipinski definition) is 6. The first-order valence-corrected chi connectivity index (χ1v) is 8.28. The van der Waals surface area contributed by atoms with Gasteiger partial charge >= 0.3 is 0 Å². The molecule has 2 aromatic heterocycles. The normalized spacial score (nSPS) is 22.1. The molecule has 22 heavy (non-hydrogen) atoms. The highest BCUT2D eigenvalue weighted by atomic mass is 32.1. The van der Waals surface area contributed by atoms with Crippen molar-refractivity contribution < 1.29 is 4.39 Å². The van der Waals surface area contributed by atoms with Crippen LogP contribution in [0.25, 0.3) is 0 Å². The van der Waals surface area contributed by atoms with Gasteiger partial charge in [-0.3, -0.25) is 4.90 Å². The van der Waals surface area contributed by atoms with Crippen LogP contribution in [-0.2, 0) is 13.0 Å². The monoisotopic (exact) mass is 321 g/mol. The molecule has 0 spiro atoms. The Morgan fingerprint density at radius 2 is 2.09 bits per heavy atom. The van der Waals surface area contributed by atoms with E-state index in [4.69, 9.17) is 0 Å². The summed E-state index contributed by atoms with van der Waals surface area (Å²) in [4.78, 5) is 16.2. The first-order chi connectivity index (χ1) is 10.6. The van der Waals surface area contributed by atoms with Gasteiger partial charge in [0.2, 0.25) is 0 Å². The van der Waals surface area contributed by atoms with Gasteiger partial charge in [0.25, 0.3) is 0 Å². The van der Waals surface area contributed by atoms with Gasteiger partial charge in [-0.25, -0.2) is 19.3 Å². The van der Waals surface area contributed by atoms with E-state index in [0.717, 1.165) is 36.9 Å². The van der Waals surface area contributed by atoms with Gasteiger partial charge in [0.1, 0.15) is 5.82 Å². The van der Waals surface area contributed by atoms with Crippen LogP contribution in [0.5, 0.6) is 0 Å². The van der Waals surface area contributed by atoms with Gasteiger partial charge in [0, 0.05) is 43.7 Å². The number of rotatable bonds is 5. The molecule has 7 heteroatoms. The van der Waals surface area contributed by atoms with E-state index in [9.17, 15) is 4.39 Å². The van der Waals surface area contributed by atoms with Gasteiger partial charge in [0.15, 0.2) is 10.9 Å². The largest absolute Gasteiger partial charge is 0.365 e. The van der Waals surface area contributed by atoms with Crippen molar-refractivity contribution in [1.82, 2.24) is 19.9 Å². The molecule has 3 rings (SSSR count). The van der Waals surface area contributed by atoms with Crippen LogP contribution in [0.2, 0.25) is 0 Å². The molecular formula is C15H20FN5S. The zero-order valence-corrected chi connectivity index (χ0v) is 13.6. The van der Waals surface area contributed by atoms with Gasteiger partial charge < -0.3 is 5.32 Å². The lowest BCUT2D eigenvalue weighted by Gasteiger charge is -2.19. The molecule has 2 unspecified atom stereocenters. The van der Waals surface area contributed by atoms with Crippen molar-refractivity contribution in [2.75, 3.05) is 18.9 Å². The molecule has 1 N–H and O–H groups in total. The Bertz CT molecular complexity index is 615. The minimum Gasteiger partial charge on any atom is -0.365 e. The number of aromatic nitrogens is 3. The maximum absolute atomic E-state index is 12.9. The lowest BCUT2D eigenvalue weighted by atomic mass is 10.0. The van der Waals surface area contributed by atoms with Gasteiger partial charge in [-0.05, 0) is 19.3 Å². The fourth-order valence-electron chi connectivity index (χ4n) is 2.98. The van der Waals surface area contributed by atoms with E-state index in [0.29, 0.717) is 12.0 Å². The molecule has 1 aliphatic rings. The Balaban J connectivity index is 1.58. The number of halogens is 1. The summed E-state index contributed by atoms with van der Waals surface area (Å²) in [6.45, 7) is 4.21. The molecule has 0 aromatic carbocycles. The van der Waals surface area contributed by atoms with Crippen molar-refractivity contribution >= 4 is 16.5 Å². The lowest BCUT2D eigenvalue weighted by Crippen LogP contribution is -2.26. The fourth-order valence-corrected chi connectivity index (χ4v) is 3.78. The molecule has 0 amide bonds. The van der Waals surface area contributed by atoms with Gasteiger partial charge in [-0.15, -0.1) is 11.3 Å². The van der Waals surface area contributed by atoms with Crippen LogP contribution in [-0.4, -0.2) is 39.5 Å². The first kappa shape index (κ1) is 15.3. The van der Waals surface area contributed by atoms with Gasteiger partial charge in [0.05, 0.1) is 12.4 Å². The van der Waals surface area contributed by atoms with E-state index in [1.54, 1.807) is 11.3 Å². The van der Waals surface area contributed by atoms with Crippen LogP contribution in [0.15, 0.2) is 18.6 Å². The van der Waals surface area contributed by atoms with E-state index in [1.807, 2.05) is 13.2 Å². The van der Waals surface area contributed by atoms with Crippen LogP contribution >= 0.6 is 11.3 Å². The van der Waals surface area contributed by atoms with Crippen LogP contribution in [0.3, 0.4) is 0 Å². The molecule has 2 aromatic rings. The molecule has 5 nitrogen and oxygen atoms in total. The summed E-state index contributed by atoms with van der Waals surface area (Å²) in [6, 6.07) is 0.533. The third kappa shape index (κ3) is 3.59. The van der Waals surface area contributed by atoms with Crippen LogP contribution < -0.4 is 5.32 Å². The molecule has 1 fully saturated rings. The average molecular weight is 321 g/mol. The third-order valence-electron chi connectivity index (χ3n) is 4.06. The molecule has 0 aliphatic carbocycles. The number of nitrogens with zero attached hydrogens (tertiary/aromatic N) is 4. The van der Waals surface area contributed by atoms with E-state index < -0.39 is 0 Å². The highest BCUT2D eigenvalue weighted by Crippen LogP contribution is 2.28. The summed E-state index contributed by atoms with van der Waals surface area (Å²) in [5.41, 5.74) is 0. The van der Waals surface area contributed by atoms with E-state index >= 15 is 0 Å². The Kier molecular flexibility index (Phi) is 4.63. The summed E-state index contributed by atoms with van der Waals surface area (Å²) in [6.07, 6.45) is 6.37. The highest BCUT2D eigenvalue weighted by molar-refractivity contribution is 7.15. The van der Waals surface area contributed by atoms with Crippen LogP contribution in [0, 0.1) is 11.7 Å². The molecule has 0 radical (unpaired) electrons. The van der Waals surface area contributed by atoms with Gasteiger partial charge in [-0.2, -0.15) is 0 Å². The first-order valence-electron chi connectivity index (χ1n) is 7.47. The second-order valence-corrected chi connectivity index (χ2v) is 6.90. The summed E-state index contributed by atoms with van der Waals surface area (Å²) in [5, 5.41) is 4.03. The predicted molar refractivity (Wildman–Crippen MR) is 85.3 cm³/mol. The number of thiazole rings is 1. The van der Waals surface area contributed by atoms with Crippen molar-refractivity contribution in [2.45, 2.75) is 32.4 Å². The zero-order chi connectivity index (χ0) is 15.5. The number of nitrogens with one attached hydrogen (secondary N) is 1. The minimum absolute atomic E-state index is 0.379. The van der Waals surface area contributed by atoms with Crippen molar-refractivity contribution in [3.63, 3.8) is 0 Å². The van der Waals surface area contributed by atoms with Crippen molar-refractivity contribution in [2.24, 2.45) is 5.92 Å². The van der Waals surface area contributed by atoms with E-state index in [1.165, 1.54) is 17.3 Å². The van der Waals surface area contributed by atoms with Crippen molar-refractivity contribution in [3.05, 3.63) is 35.1 Å². The second-order valence-electron chi connectivity index (χ2n) is 5.78. The van der Waals surface area contributed by atoms with Crippen molar-refractivity contribution in [3.8, 4) is 0 Å². The van der Waals surface area contributed by atoms with Crippen molar-refractivity contribution in [1.29, 1.82) is 0 Å². The Morgan fingerprint density at radius 1 is 1.32 bits per heavy atom. The summed E-state index contributed by atoms with van der Waals surface area (Å²) >= 11 is 1.70. The van der Waals surface area contributed by atoms with Crippen LogP contribution in [0.4, 0.5) is 9.52 Å². The smallest absolute Gasteiger partial charge is 0.182 e. The molecule has 3 heterocycles. The number of anilines is 1. The molecule has 1 saturated heterocycles. The molecular weight excluding hydrogens is 301 g/mol. The second kappa shape index (κ2) is 6.66. The molecule has 0 bridgehead atoms. The summed E-state index contributed by atoms with van der Waals surface area (Å²) in [5.74, 6) is 0.878. The topological polar surface area (TPSA) is 53.9 Å². The van der Waals surface area contributed by atoms with Gasteiger partial charge in [-0.1, -0.05) is 0 Å². The Hall–Kier alpha value is -1.60. The van der Waals surface area contributed by atoms with Crippen LogP contribution in [0.1, 0.15) is 24.0 Å². The SMILES string of the molecule is CNc1ncc(CN2CC(Cc3ncc(F)cn3)CC2C)s1. The quantitative estimate of drug-likeness (QED) is 0.917. The number of likely N-dealkylation sites (tertiary alicyclic amines) is 1. The summed E-state index contributed by atoms with van der Waals surface area (Å²) in [7, 11) is 1.89. The highest BCUT2D eigenvalue weighted by Gasteiger charge is 2.29. The fraction of sp³-hybridized carbons (Fsp3) is 0.533. The average Bonchev–Trinajstić information content (AvgIpc) is 3.09. The Morgan fingerprint density at radius 3 is 2.77 bits per heavy atom. The third-order valence-corrected chi connectivity index (χ3v) is 5.06. The Labute approximate surface area is 133 Å². The van der Waals surface area contributed by atoms with E-state index in [2.05, 4.69) is 32.1 Å². The molecule has 118 valence electrons. The maximum Gasteiger partial charge on any atom is 0.182 e. The zero-order valence-electron chi connectivity index (χ0n) is 12.8. The minimum atomic E-state index is -0.379. The predicted octanol–water partition coefficient (Wildman–Crippen LogP) is 2.57.